The molecule has 0 saturated carbocycles. The lowest BCUT2D eigenvalue weighted by Gasteiger charge is -2.17. The minimum Gasteiger partial charge on any atom is -0.352 e. The summed E-state index contributed by atoms with van der Waals surface area (Å²) in [7, 11) is 0. The lowest BCUT2D eigenvalue weighted by Crippen LogP contribution is -2.34. The Balaban J connectivity index is 2.62. The number of amides is 1. The number of carbonyl (C=O) groups excluding carboxylic acids is 1. The maximum atomic E-state index is 11.7. The normalized spacial score (nSPS) is 11.3. The molecule has 0 aliphatic carbocycles. The predicted molar refractivity (Wildman–Crippen MR) is 67.5 cm³/mol. The molecule has 0 atom stereocenters. The topological polar surface area (TPSA) is 29.1 Å². The van der Waals surface area contributed by atoms with Crippen LogP contribution in [0, 0.1) is 12.3 Å². The first-order chi connectivity index (χ1) is 7.30. The van der Waals surface area contributed by atoms with Crippen LogP contribution < -0.4 is 5.32 Å². The van der Waals surface area contributed by atoms with Crippen LogP contribution in [0.25, 0.3) is 0 Å². The molecular weight excluding hydrogens is 222 g/mol. The molecule has 1 aromatic rings. The zero-order valence-corrected chi connectivity index (χ0v) is 11.0. The highest BCUT2D eigenvalue weighted by Crippen LogP contribution is 2.17. The fourth-order valence-electron chi connectivity index (χ4n) is 1.26. The molecule has 0 heterocycles. The molecule has 16 heavy (non-hydrogen) atoms. The number of hydrogen-bond acceptors (Lipinski definition) is 1. The molecule has 3 heteroatoms. The summed E-state index contributed by atoms with van der Waals surface area (Å²) in [6, 6.07) is 5.78. The van der Waals surface area contributed by atoms with Crippen LogP contribution >= 0.6 is 11.6 Å². The maximum Gasteiger partial charge on any atom is 0.225 e. The molecule has 1 aromatic carbocycles. The molecule has 88 valence electrons. The molecule has 2 nitrogen and oxygen atoms in total. The molecule has 1 rings (SSSR count). The number of nitrogens with one attached hydrogen (secondary N) is 1. The highest BCUT2D eigenvalue weighted by Gasteiger charge is 2.20. The second-order valence-corrected chi connectivity index (χ2v) is 5.42. The molecule has 1 amide bonds. The first-order valence-electron chi connectivity index (χ1n) is 5.34. The van der Waals surface area contributed by atoms with Crippen molar-refractivity contribution in [2.45, 2.75) is 34.2 Å². The van der Waals surface area contributed by atoms with Crippen molar-refractivity contribution in [3.05, 3.63) is 34.3 Å². The van der Waals surface area contributed by atoms with Gasteiger partial charge in [0.15, 0.2) is 0 Å². The van der Waals surface area contributed by atoms with Gasteiger partial charge >= 0.3 is 0 Å². The second kappa shape index (κ2) is 4.88. The smallest absolute Gasteiger partial charge is 0.225 e. The molecule has 0 saturated heterocycles. The lowest BCUT2D eigenvalue weighted by molar-refractivity contribution is -0.128. The van der Waals surface area contributed by atoms with Crippen molar-refractivity contribution >= 4 is 17.5 Å². The van der Waals surface area contributed by atoms with Crippen LogP contribution in [-0.2, 0) is 11.3 Å². The van der Waals surface area contributed by atoms with Crippen LogP contribution in [0.1, 0.15) is 31.9 Å². The number of benzene rings is 1. The van der Waals surface area contributed by atoms with Crippen molar-refractivity contribution in [3.63, 3.8) is 0 Å². The van der Waals surface area contributed by atoms with E-state index in [1.54, 1.807) is 0 Å². The Morgan fingerprint density at radius 3 is 2.50 bits per heavy atom. The van der Waals surface area contributed by atoms with Gasteiger partial charge in [-0.05, 0) is 24.1 Å². The SMILES string of the molecule is Cc1cc(CNC(=O)C(C)(C)C)ccc1Cl. The van der Waals surface area contributed by atoms with Crippen molar-refractivity contribution in [3.8, 4) is 0 Å². The van der Waals surface area contributed by atoms with E-state index >= 15 is 0 Å². The van der Waals surface area contributed by atoms with Crippen LogP contribution in [0.15, 0.2) is 18.2 Å². The Labute approximate surface area is 102 Å². The van der Waals surface area contributed by atoms with Crippen LogP contribution in [0.2, 0.25) is 5.02 Å². The highest BCUT2D eigenvalue weighted by molar-refractivity contribution is 6.31. The summed E-state index contributed by atoms with van der Waals surface area (Å²) in [5, 5.41) is 3.66. The number of rotatable bonds is 2. The lowest BCUT2D eigenvalue weighted by atomic mass is 9.95. The minimum absolute atomic E-state index is 0.0557. The van der Waals surface area contributed by atoms with Crippen LogP contribution in [-0.4, -0.2) is 5.91 Å². The average Bonchev–Trinajstić information content (AvgIpc) is 2.18. The number of hydrogen-bond donors (Lipinski definition) is 1. The van der Waals surface area contributed by atoms with E-state index in [4.69, 9.17) is 11.6 Å². The standard InChI is InChI=1S/C13H18ClNO/c1-9-7-10(5-6-11(9)14)8-15-12(16)13(2,3)4/h5-7H,8H2,1-4H3,(H,15,16). The number of halogens is 1. The quantitative estimate of drug-likeness (QED) is 0.843. The van der Waals surface area contributed by atoms with E-state index in [2.05, 4.69) is 5.32 Å². The third-order valence-electron chi connectivity index (χ3n) is 2.36. The molecule has 0 bridgehead atoms. The zero-order chi connectivity index (χ0) is 12.3. The molecular formula is C13H18ClNO. The van der Waals surface area contributed by atoms with Gasteiger partial charge < -0.3 is 5.32 Å². The van der Waals surface area contributed by atoms with Gasteiger partial charge in [0.2, 0.25) is 5.91 Å². The predicted octanol–water partition coefficient (Wildman–Crippen LogP) is 3.31. The first-order valence-corrected chi connectivity index (χ1v) is 5.72. The van der Waals surface area contributed by atoms with Crippen LogP contribution in [0.5, 0.6) is 0 Å². The van der Waals surface area contributed by atoms with Crippen molar-refractivity contribution < 1.29 is 4.79 Å². The van der Waals surface area contributed by atoms with E-state index in [1.807, 2.05) is 45.9 Å². The molecule has 1 N–H and O–H groups in total. The summed E-state index contributed by atoms with van der Waals surface area (Å²) < 4.78 is 0. The van der Waals surface area contributed by atoms with Crippen molar-refractivity contribution in [1.82, 2.24) is 5.32 Å². The molecule has 0 spiro atoms. The van der Waals surface area contributed by atoms with E-state index in [9.17, 15) is 4.79 Å². The summed E-state index contributed by atoms with van der Waals surface area (Å²) in [4.78, 5) is 11.7. The van der Waals surface area contributed by atoms with Gasteiger partial charge in [-0.25, -0.2) is 0 Å². The fourth-order valence-corrected chi connectivity index (χ4v) is 1.38. The van der Waals surface area contributed by atoms with Gasteiger partial charge in [-0.2, -0.15) is 0 Å². The average molecular weight is 240 g/mol. The van der Waals surface area contributed by atoms with E-state index in [1.165, 1.54) is 0 Å². The molecule has 0 unspecified atom stereocenters. The van der Waals surface area contributed by atoms with Gasteiger partial charge in [0.25, 0.3) is 0 Å². The first kappa shape index (κ1) is 13.0. The monoisotopic (exact) mass is 239 g/mol. The van der Waals surface area contributed by atoms with Crippen LogP contribution in [0.3, 0.4) is 0 Å². The molecule has 0 aliphatic heterocycles. The summed E-state index contributed by atoms with van der Waals surface area (Å²) in [5.41, 5.74) is 1.75. The van der Waals surface area contributed by atoms with Gasteiger partial charge in [0.1, 0.15) is 0 Å². The summed E-state index contributed by atoms with van der Waals surface area (Å²) in [6.07, 6.45) is 0. The molecule has 0 fully saturated rings. The largest absolute Gasteiger partial charge is 0.352 e. The van der Waals surface area contributed by atoms with Gasteiger partial charge in [-0.3, -0.25) is 4.79 Å². The second-order valence-electron chi connectivity index (χ2n) is 5.02. The van der Waals surface area contributed by atoms with E-state index in [0.29, 0.717) is 6.54 Å². The zero-order valence-electron chi connectivity index (χ0n) is 10.2. The fraction of sp³-hybridized carbons (Fsp3) is 0.462. The summed E-state index contributed by atoms with van der Waals surface area (Å²) in [6.45, 7) is 8.20. The third-order valence-corrected chi connectivity index (χ3v) is 2.78. The molecule has 0 aliphatic rings. The third kappa shape index (κ3) is 3.53. The Morgan fingerprint density at radius 1 is 1.38 bits per heavy atom. The van der Waals surface area contributed by atoms with Crippen molar-refractivity contribution in [2.24, 2.45) is 5.41 Å². The molecule has 0 radical (unpaired) electrons. The van der Waals surface area contributed by atoms with E-state index in [0.717, 1.165) is 16.1 Å². The van der Waals surface area contributed by atoms with E-state index < -0.39 is 0 Å². The van der Waals surface area contributed by atoms with Crippen molar-refractivity contribution in [2.75, 3.05) is 0 Å². The number of aryl methyl sites for hydroxylation is 1. The number of carbonyl (C=O) groups is 1. The molecule has 0 aromatic heterocycles. The summed E-state index contributed by atoms with van der Waals surface area (Å²) in [5.74, 6) is 0.0557. The van der Waals surface area contributed by atoms with Gasteiger partial charge in [-0.15, -0.1) is 0 Å². The van der Waals surface area contributed by atoms with Gasteiger partial charge in [-0.1, -0.05) is 44.5 Å². The Morgan fingerprint density at radius 2 is 2.00 bits per heavy atom. The van der Waals surface area contributed by atoms with E-state index in [-0.39, 0.29) is 11.3 Å². The van der Waals surface area contributed by atoms with Crippen LogP contribution in [0.4, 0.5) is 0 Å². The Hall–Kier alpha value is -1.02. The summed E-state index contributed by atoms with van der Waals surface area (Å²) >= 11 is 5.93. The maximum absolute atomic E-state index is 11.7. The minimum atomic E-state index is -0.346. The van der Waals surface area contributed by atoms with Gasteiger partial charge in [0.05, 0.1) is 0 Å². The van der Waals surface area contributed by atoms with Crippen molar-refractivity contribution in [1.29, 1.82) is 0 Å². The highest BCUT2D eigenvalue weighted by atomic mass is 35.5. The Bertz CT molecular complexity index is 393. The van der Waals surface area contributed by atoms with Gasteiger partial charge in [0, 0.05) is 17.0 Å². The Kier molecular flexibility index (Phi) is 3.98.